The van der Waals surface area contributed by atoms with Crippen LogP contribution in [0.25, 0.3) is 0 Å². The number of carbonyl (C=O) groups is 2. The quantitative estimate of drug-likeness (QED) is 0.0198. The van der Waals surface area contributed by atoms with Crippen LogP contribution in [0.1, 0.15) is 200 Å². The molecule has 1 fully saturated rings. The van der Waals surface area contributed by atoms with Crippen LogP contribution < -0.4 is 5.32 Å². The number of allylic oxidation sites excluding steroid dienone is 5. The Morgan fingerprint density at radius 1 is 0.617 bits per heavy atom. The molecule has 1 aliphatic rings. The molecule has 0 aromatic carbocycles. The summed E-state index contributed by atoms with van der Waals surface area (Å²) in [5, 5.41) is 54.0. The van der Waals surface area contributed by atoms with Gasteiger partial charge in [-0.3, -0.25) is 9.59 Å². The highest BCUT2D eigenvalue weighted by atomic mass is 16.7. The molecule has 1 heterocycles. The van der Waals surface area contributed by atoms with Gasteiger partial charge in [-0.2, -0.15) is 0 Å². The first-order chi connectivity index (χ1) is 29.2. The fraction of sp³-hybridized carbons (Fsp3) is 0.837. The molecule has 0 aliphatic carbocycles. The Bertz CT molecular complexity index is 1100. The van der Waals surface area contributed by atoms with Crippen LogP contribution in [0.15, 0.2) is 36.5 Å². The Morgan fingerprint density at radius 3 is 1.63 bits per heavy atom. The van der Waals surface area contributed by atoms with E-state index in [9.17, 15) is 35.1 Å². The van der Waals surface area contributed by atoms with E-state index in [-0.39, 0.29) is 18.5 Å². The van der Waals surface area contributed by atoms with Crippen molar-refractivity contribution in [3.8, 4) is 0 Å². The molecule has 1 amide bonds. The fourth-order valence-corrected chi connectivity index (χ4v) is 7.35. The number of hydrogen-bond donors (Lipinski definition) is 6. The van der Waals surface area contributed by atoms with Crippen molar-refractivity contribution in [2.45, 2.75) is 243 Å². The monoisotopic (exact) mass is 852 g/mol. The molecule has 11 nitrogen and oxygen atoms in total. The normalized spacial score (nSPS) is 20.7. The van der Waals surface area contributed by atoms with Crippen molar-refractivity contribution >= 4 is 11.9 Å². The summed E-state index contributed by atoms with van der Waals surface area (Å²) in [6.45, 7) is 4.10. The number of carbonyl (C=O) groups excluding carboxylic acids is 2. The fourth-order valence-electron chi connectivity index (χ4n) is 7.35. The van der Waals surface area contributed by atoms with E-state index < -0.39 is 49.5 Å². The number of aliphatic hydroxyl groups excluding tert-OH is 5. The Balaban J connectivity index is 2.21. The highest BCUT2D eigenvalue weighted by Crippen LogP contribution is 2.22. The summed E-state index contributed by atoms with van der Waals surface area (Å²) in [4.78, 5) is 25.0. The molecule has 7 atom stereocenters. The zero-order chi connectivity index (χ0) is 43.9. The molecule has 0 aromatic rings. The van der Waals surface area contributed by atoms with Crippen molar-refractivity contribution in [2.24, 2.45) is 0 Å². The average molecular weight is 852 g/mol. The average Bonchev–Trinajstić information content (AvgIpc) is 3.24. The van der Waals surface area contributed by atoms with Crippen LogP contribution in [0.4, 0.5) is 0 Å². The van der Waals surface area contributed by atoms with Gasteiger partial charge >= 0.3 is 5.97 Å². The Morgan fingerprint density at radius 2 is 1.10 bits per heavy atom. The third-order valence-electron chi connectivity index (χ3n) is 11.2. The summed E-state index contributed by atoms with van der Waals surface area (Å²) in [5.41, 5.74) is 0. The number of aliphatic hydroxyl groups is 5. The van der Waals surface area contributed by atoms with Gasteiger partial charge in [-0.05, 0) is 51.4 Å². The van der Waals surface area contributed by atoms with Crippen LogP contribution in [-0.4, -0.2) is 100 Å². The van der Waals surface area contributed by atoms with Gasteiger partial charge in [-0.1, -0.05) is 172 Å². The zero-order valence-corrected chi connectivity index (χ0v) is 37.9. The Labute approximate surface area is 364 Å². The van der Waals surface area contributed by atoms with Crippen molar-refractivity contribution in [1.82, 2.24) is 5.32 Å². The summed E-state index contributed by atoms with van der Waals surface area (Å²) in [5.74, 6) is -0.262. The lowest BCUT2D eigenvalue weighted by Crippen LogP contribution is -2.60. The molecule has 11 heteroatoms. The van der Waals surface area contributed by atoms with Crippen LogP contribution in [-0.2, 0) is 23.8 Å². The molecular weight excluding hydrogens is 763 g/mol. The smallest absolute Gasteiger partial charge is 0.305 e. The first-order valence-corrected chi connectivity index (χ1v) is 24.3. The first kappa shape index (κ1) is 55.9. The maximum Gasteiger partial charge on any atom is 0.305 e. The lowest BCUT2D eigenvalue weighted by Gasteiger charge is -2.40. The van der Waals surface area contributed by atoms with Gasteiger partial charge in [0.15, 0.2) is 6.29 Å². The minimum Gasteiger partial charge on any atom is -0.466 e. The molecule has 0 radical (unpaired) electrons. The van der Waals surface area contributed by atoms with Crippen molar-refractivity contribution in [1.29, 1.82) is 0 Å². The largest absolute Gasteiger partial charge is 0.466 e. The second-order valence-corrected chi connectivity index (χ2v) is 16.8. The van der Waals surface area contributed by atoms with E-state index in [1.54, 1.807) is 6.08 Å². The van der Waals surface area contributed by atoms with Crippen molar-refractivity contribution in [2.75, 3.05) is 19.8 Å². The van der Waals surface area contributed by atoms with Crippen LogP contribution in [0, 0.1) is 0 Å². The number of hydrogen-bond acceptors (Lipinski definition) is 10. The van der Waals surface area contributed by atoms with Gasteiger partial charge < -0.3 is 45.1 Å². The van der Waals surface area contributed by atoms with Gasteiger partial charge in [0.25, 0.3) is 0 Å². The highest BCUT2D eigenvalue weighted by molar-refractivity contribution is 5.76. The van der Waals surface area contributed by atoms with Crippen molar-refractivity contribution in [3.05, 3.63) is 36.5 Å². The molecule has 0 bridgehead atoms. The van der Waals surface area contributed by atoms with E-state index in [1.165, 1.54) is 89.9 Å². The van der Waals surface area contributed by atoms with E-state index in [4.69, 9.17) is 14.2 Å². The maximum atomic E-state index is 12.9. The van der Waals surface area contributed by atoms with E-state index in [1.807, 2.05) is 6.08 Å². The molecular formula is C49H89NO10. The van der Waals surface area contributed by atoms with E-state index in [0.717, 1.165) is 77.0 Å². The lowest BCUT2D eigenvalue weighted by atomic mass is 9.99. The number of ether oxygens (including phenoxy) is 3. The lowest BCUT2D eigenvalue weighted by molar-refractivity contribution is -0.302. The molecule has 350 valence electrons. The van der Waals surface area contributed by atoms with Gasteiger partial charge in [0, 0.05) is 12.8 Å². The Kier molecular flexibility index (Phi) is 37.0. The summed E-state index contributed by atoms with van der Waals surface area (Å²) in [6, 6.07) is -0.846. The molecule has 0 spiro atoms. The minimum atomic E-state index is -1.59. The standard InChI is InChI=1S/C49H89NO10/c1-3-5-7-9-11-13-16-21-25-29-33-37-45(54)58-38-34-30-26-22-18-15-17-20-24-28-32-36-44(53)50-41(40-59-49-48(57)47(56)46(55)43(39-51)60-49)42(52)35-31-27-23-19-14-12-10-8-6-4-2/h6,8,14,19,31,35,41-43,46-49,51-52,55-57H,3-5,7,9-13,15-18,20-30,32-34,36-40H2,1-2H3,(H,50,53)/b8-6+,19-14+,35-31+. The number of nitrogens with one attached hydrogen (secondary N) is 1. The van der Waals surface area contributed by atoms with Gasteiger partial charge in [0.05, 0.1) is 32.0 Å². The maximum absolute atomic E-state index is 12.9. The molecule has 6 N–H and O–H groups in total. The summed E-state index contributed by atoms with van der Waals surface area (Å²) in [7, 11) is 0. The number of esters is 1. The SMILES string of the molecule is CC/C=C/CC/C=C/CC/C=C/C(O)C(COC1OC(CO)C(O)C(O)C1O)NC(=O)CCCCCCCCCCCCCOC(=O)CCCCCCCCCCCCC. The van der Waals surface area contributed by atoms with Crippen LogP contribution >= 0.6 is 0 Å². The predicted molar refractivity (Wildman–Crippen MR) is 241 cm³/mol. The van der Waals surface area contributed by atoms with Crippen LogP contribution in [0.3, 0.4) is 0 Å². The van der Waals surface area contributed by atoms with Gasteiger partial charge in [0.1, 0.15) is 24.4 Å². The highest BCUT2D eigenvalue weighted by Gasteiger charge is 2.44. The summed E-state index contributed by atoms with van der Waals surface area (Å²) < 4.78 is 16.6. The molecule has 7 unspecified atom stereocenters. The number of unbranched alkanes of at least 4 members (excludes halogenated alkanes) is 22. The van der Waals surface area contributed by atoms with Crippen molar-refractivity contribution in [3.63, 3.8) is 0 Å². The predicted octanol–water partition coefficient (Wildman–Crippen LogP) is 9.21. The Hall–Kier alpha value is -2.12. The third kappa shape index (κ3) is 30.0. The molecule has 0 aromatic heterocycles. The van der Waals surface area contributed by atoms with Gasteiger partial charge in [0.2, 0.25) is 5.91 Å². The molecule has 1 rings (SSSR count). The topological polar surface area (TPSA) is 175 Å². The number of rotatable bonds is 40. The second kappa shape index (κ2) is 39.7. The molecule has 0 saturated carbocycles. The van der Waals surface area contributed by atoms with Gasteiger partial charge in [-0.25, -0.2) is 0 Å². The van der Waals surface area contributed by atoms with Gasteiger partial charge in [-0.15, -0.1) is 0 Å². The second-order valence-electron chi connectivity index (χ2n) is 16.8. The van der Waals surface area contributed by atoms with E-state index in [0.29, 0.717) is 25.9 Å². The minimum absolute atomic E-state index is 0.0432. The number of amides is 1. The van der Waals surface area contributed by atoms with Crippen LogP contribution in [0.5, 0.6) is 0 Å². The molecule has 1 saturated heterocycles. The summed E-state index contributed by atoms with van der Waals surface area (Å²) >= 11 is 0. The van der Waals surface area contributed by atoms with E-state index >= 15 is 0 Å². The molecule has 1 aliphatic heterocycles. The molecule has 60 heavy (non-hydrogen) atoms. The third-order valence-corrected chi connectivity index (χ3v) is 11.2. The first-order valence-electron chi connectivity index (χ1n) is 24.3. The zero-order valence-electron chi connectivity index (χ0n) is 37.9. The summed E-state index contributed by atoms with van der Waals surface area (Å²) in [6.07, 6.45) is 35.1. The van der Waals surface area contributed by atoms with E-state index in [2.05, 4.69) is 43.5 Å². The van der Waals surface area contributed by atoms with Crippen molar-refractivity contribution < 1.29 is 49.3 Å². The van der Waals surface area contributed by atoms with Crippen LogP contribution in [0.2, 0.25) is 0 Å².